The van der Waals surface area contributed by atoms with E-state index in [1.807, 2.05) is 20.8 Å². The molecule has 0 saturated heterocycles. The third kappa shape index (κ3) is 10.2. The SMILES string of the molecule is C=CC(=O)OCCC.CC. The van der Waals surface area contributed by atoms with Gasteiger partial charge in [0.05, 0.1) is 6.61 Å². The second-order valence-corrected chi connectivity index (χ2v) is 1.37. The fourth-order valence-corrected chi connectivity index (χ4v) is 0.262. The summed E-state index contributed by atoms with van der Waals surface area (Å²) in [4.78, 5) is 10.2. The fourth-order valence-electron chi connectivity index (χ4n) is 0.262. The van der Waals surface area contributed by atoms with Crippen molar-refractivity contribution in [2.45, 2.75) is 27.2 Å². The second kappa shape index (κ2) is 11.1. The van der Waals surface area contributed by atoms with E-state index in [4.69, 9.17) is 0 Å². The van der Waals surface area contributed by atoms with Crippen LogP contribution in [0, 0.1) is 0 Å². The van der Waals surface area contributed by atoms with Crippen molar-refractivity contribution < 1.29 is 9.53 Å². The third-order valence-electron chi connectivity index (χ3n) is 0.615. The first-order valence-electron chi connectivity index (χ1n) is 3.60. The van der Waals surface area contributed by atoms with Gasteiger partial charge in [-0.25, -0.2) is 4.79 Å². The summed E-state index contributed by atoms with van der Waals surface area (Å²) >= 11 is 0. The van der Waals surface area contributed by atoms with E-state index in [-0.39, 0.29) is 5.97 Å². The summed E-state index contributed by atoms with van der Waals surface area (Å²) in [6.45, 7) is 9.67. The van der Waals surface area contributed by atoms with Gasteiger partial charge in [0.2, 0.25) is 0 Å². The monoisotopic (exact) mass is 144 g/mol. The van der Waals surface area contributed by atoms with E-state index < -0.39 is 0 Å². The molecule has 0 aromatic rings. The average molecular weight is 144 g/mol. The molecule has 2 nitrogen and oxygen atoms in total. The van der Waals surface area contributed by atoms with Crippen molar-refractivity contribution in [2.75, 3.05) is 6.61 Å². The van der Waals surface area contributed by atoms with Gasteiger partial charge in [0.25, 0.3) is 0 Å². The Balaban J connectivity index is 0. The van der Waals surface area contributed by atoms with Gasteiger partial charge in [-0.15, -0.1) is 0 Å². The van der Waals surface area contributed by atoms with Gasteiger partial charge in [-0.1, -0.05) is 27.4 Å². The van der Waals surface area contributed by atoms with Crippen LogP contribution in [0.2, 0.25) is 0 Å². The van der Waals surface area contributed by atoms with Gasteiger partial charge in [-0.2, -0.15) is 0 Å². The van der Waals surface area contributed by atoms with Crippen molar-refractivity contribution in [1.29, 1.82) is 0 Å². The van der Waals surface area contributed by atoms with Crippen molar-refractivity contribution in [2.24, 2.45) is 0 Å². The number of hydrogen-bond acceptors (Lipinski definition) is 2. The highest BCUT2D eigenvalue weighted by Crippen LogP contribution is 1.81. The molecular formula is C8H16O2. The van der Waals surface area contributed by atoms with E-state index in [1.165, 1.54) is 0 Å². The minimum absolute atomic E-state index is 0.341. The lowest BCUT2D eigenvalue weighted by Crippen LogP contribution is -1.99. The molecule has 60 valence electrons. The molecule has 2 heteroatoms. The van der Waals surface area contributed by atoms with E-state index in [0.29, 0.717) is 6.61 Å². The molecule has 0 radical (unpaired) electrons. The number of carbonyl (C=O) groups is 1. The lowest BCUT2D eigenvalue weighted by atomic mass is 10.5. The van der Waals surface area contributed by atoms with Crippen LogP contribution in [0.4, 0.5) is 0 Å². The van der Waals surface area contributed by atoms with Crippen LogP contribution in [-0.2, 0) is 9.53 Å². The molecule has 0 spiro atoms. The molecule has 0 unspecified atom stereocenters. The Bertz CT molecular complexity index is 87.3. The van der Waals surface area contributed by atoms with Crippen LogP contribution in [0.1, 0.15) is 27.2 Å². The fraction of sp³-hybridized carbons (Fsp3) is 0.625. The number of ether oxygens (including phenoxy) is 1. The van der Waals surface area contributed by atoms with Gasteiger partial charge >= 0.3 is 5.97 Å². The normalized spacial score (nSPS) is 7.10. The number of carbonyl (C=O) groups excluding carboxylic acids is 1. The van der Waals surface area contributed by atoms with Crippen molar-refractivity contribution in [3.05, 3.63) is 12.7 Å². The van der Waals surface area contributed by atoms with Gasteiger partial charge in [-0.3, -0.25) is 0 Å². The first-order chi connectivity index (χ1) is 4.81. The maximum Gasteiger partial charge on any atom is 0.330 e. The van der Waals surface area contributed by atoms with Crippen LogP contribution in [0.15, 0.2) is 12.7 Å². The van der Waals surface area contributed by atoms with Crippen LogP contribution in [0.3, 0.4) is 0 Å². The maximum atomic E-state index is 10.2. The highest BCUT2D eigenvalue weighted by atomic mass is 16.5. The molecule has 0 aromatic heterocycles. The van der Waals surface area contributed by atoms with Crippen molar-refractivity contribution in [3.8, 4) is 0 Å². The van der Waals surface area contributed by atoms with Crippen LogP contribution >= 0.6 is 0 Å². The number of esters is 1. The van der Waals surface area contributed by atoms with Gasteiger partial charge in [0.15, 0.2) is 0 Å². The van der Waals surface area contributed by atoms with E-state index >= 15 is 0 Å². The van der Waals surface area contributed by atoms with Crippen LogP contribution in [0.25, 0.3) is 0 Å². The molecule has 0 rings (SSSR count). The Labute approximate surface area is 62.9 Å². The Morgan fingerprint density at radius 3 is 2.40 bits per heavy atom. The topological polar surface area (TPSA) is 26.3 Å². The largest absolute Gasteiger partial charge is 0.463 e. The summed E-state index contributed by atoms with van der Waals surface area (Å²) in [5.41, 5.74) is 0. The Morgan fingerprint density at radius 1 is 1.60 bits per heavy atom. The standard InChI is InChI=1S/C6H10O2.C2H6/c1-3-5-8-6(7)4-2;1-2/h4H,2-3,5H2,1H3;1-2H3. The second-order valence-electron chi connectivity index (χ2n) is 1.37. The summed E-state index contributed by atoms with van der Waals surface area (Å²) in [6.07, 6.45) is 2.02. The number of rotatable bonds is 3. The Morgan fingerprint density at radius 2 is 2.10 bits per heavy atom. The quantitative estimate of drug-likeness (QED) is 0.448. The van der Waals surface area contributed by atoms with E-state index in [1.54, 1.807) is 0 Å². The van der Waals surface area contributed by atoms with Crippen LogP contribution in [0.5, 0.6) is 0 Å². The molecule has 0 aliphatic rings. The van der Waals surface area contributed by atoms with Gasteiger partial charge in [0, 0.05) is 6.08 Å². The lowest BCUT2D eigenvalue weighted by molar-refractivity contribution is -0.137. The molecule has 0 aliphatic heterocycles. The number of hydrogen-bond donors (Lipinski definition) is 0. The van der Waals surface area contributed by atoms with Crippen LogP contribution < -0.4 is 0 Å². The smallest absolute Gasteiger partial charge is 0.330 e. The summed E-state index contributed by atoms with van der Waals surface area (Å²) in [7, 11) is 0. The minimum atomic E-state index is -0.341. The molecule has 0 amide bonds. The molecule has 0 saturated carbocycles. The van der Waals surface area contributed by atoms with Crippen molar-refractivity contribution >= 4 is 5.97 Å². The lowest BCUT2D eigenvalue weighted by Gasteiger charge is -1.94. The molecule has 0 N–H and O–H groups in total. The van der Waals surface area contributed by atoms with E-state index in [9.17, 15) is 4.79 Å². The first kappa shape index (κ1) is 11.9. The zero-order valence-electron chi connectivity index (χ0n) is 7.02. The predicted octanol–water partition coefficient (Wildman–Crippen LogP) is 2.15. The molecule has 0 aliphatic carbocycles. The first-order valence-corrected chi connectivity index (χ1v) is 3.60. The summed E-state index contributed by atoms with van der Waals surface area (Å²) in [5.74, 6) is -0.341. The van der Waals surface area contributed by atoms with Gasteiger partial charge in [0.1, 0.15) is 0 Å². The van der Waals surface area contributed by atoms with Crippen molar-refractivity contribution in [3.63, 3.8) is 0 Å². The zero-order valence-corrected chi connectivity index (χ0v) is 7.02. The predicted molar refractivity (Wildman–Crippen MR) is 42.8 cm³/mol. The average Bonchev–Trinajstić information content (AvgIpc) is 2.04. The third-order valence-corrected chi connectivity index (χ3v) is 0.615. The summed E-state index contributed by atoms with van der Waals surface area (Å²) in [5, 5.41) is 0. The summed E-state index contributed by atoms with van der Waals surface area (Å²) < 4.78 is 4.58. The van der Waals surface area contributed by atoms with E-state index in [0.717, 1.165) is 12.5 Å². The minimum Gasteiger partial charge on any atom is -0.463 e. The van der Waals surface area contributed by atoms with Crippen molar-refractivity contribution in [1.82, 2.24) is 0 Å². The molecule has 0 fully saturated rings. The molecule has 0 aromatic carbocycles. The molecule has 0 atom stereocenters. The Hall–Kier alpha value is -0.790. The maximum absolute atomic E-state index is 10.2. The van der Waals surface area contributed by atoms with Gasteiger partial charge in [-0.05, 0) is 6.42 Å². The molecule has 0 heterocycles. The summed E-state index contributed by atoms with van der Waals surface area (Å²) in [6, 6.07) is 0. The van der Waals surface area contributed by atoms with Gasteiger partial charge < -0.3 is 4.74 Å². The zero-order chi connectivity index (χ0) is 8.41. The van der Waals surface area contributed by atoms with Crippen LogP contribution in [-0.4, -0.2) is 12.6 Å². The highest BCUT2D eigenvalue weighted by molar-refractivity contribution is 5.81. The molecular weight excluding hydrogens is 128 g/mol. The molecule has 10 heavy (non-hydrogen) atoms. The van der Waals surface area contributed by atoms with E-state index in [2.05, 4.69) is 11.3 Å². The molecule has 0 bridgehead atoms. The highest BCUT2D eigenvalue weighted by Gasteiger charge is 1.89. The Kier molecular flexibility index (Phi) is 13.2.